The third-order valence-electron chi connectivity index (χ3n) is 3.62. The Kier molecular flexibility index (Phi) is 11.2. The highest BCUT2D eigenvalue weighted by molar-refractivity contribution is 5.77. The van der Waals surface area contributed by atoms with Gasteiger partial charge >= 0.3 is 5.97 Å². The van der Waals surface area contributed by atoms with Gasteiger partial charge in [-0.1, -0.05) is 80.9 Å². The van der Waals surface area contributed by atoms with Gasteiger partial charge in [0, 0.05) is 5.56 Å². The van der Waals surface area contributed by atoms with Gasteiger partial charge in [-0.05, 0) is 24.8 Å². The Morgan fingerprint density at radius 3 is 2.12 bits per heavy atom. The van der Waals surface area contributed by atoms with Gasteiger partial charge < -0.3 is 9.47 Å². The Balaban J connectivity index is 0.000000289. The summed E-state index contributed by atoms with van der Waals surface area (Å²) in [5.41, 5.74) is 2.07. The molecule has 0 N–H and O–H groups in total. The number of unbranched alkanes of at least 4 members (excludes halogenated alkanes) is 1. The summed E-state index contributed by atoms with van der Waals surface area (Å²) >= 11 is 0. The molecule has 4 heteroatoms. The second-order valence-corrected chi connectivity index (χ2v) is 5.78. The predicted molar refractivity (Wildman–Crippen MR) is 103 cm³/mol. The molecule has 0 aromatic heterocycles. The van der Waals surface area contributed by atoms with Crippen LogP contribution in [0.2, 0.25) is 0 Å². The van der Waals surface area contributed by atoms with Crippen molar-refractivity contribution >= 4 is 12.4 Å². The minimum Gasteiger partial charge on any atom is -0.463 e. The Bertz CT molecular complexity index is 611. The average Bonchev–Trinajstić information content (AvgIpc) is 2.70. The molecule has 0 fully saturated rings. The van der Waals surface area contributed by atoms with Crippen molar-refractivity contribution in [2.24, 2.45) is 0 Å². The lowest BCUT2D eigenvalue weighted by molar-refractivity contribution is -0.162. The number of ether oxygens (including phenoxy) is 2. The fourth-order valence-corrected chi connectivity index (χ4v) is 2.26. The SMILES string of the molecule is CCCCc1ccccc1.CCCOC(=O)C(OC=O)c1ccccc1. The molecule has 0 amide bonds. The van der Waals surface area contributed by atoms with Gasteiger partial charge in [-0.25, -0.2) is 4.79 Å². The van der Waals surface area contributed by atoms with Crippen molar-refractivity contribution in [2.45, 2.75) is 45.6 Å². The molecule has 4 nitrogen and oxygen atoms in total. The smallest absolute Gasteiger partial charge is 0.352 e. The van der Waals surface area contributed by atoms with Gasteiger partial charge in [0.05, 0.1) is 6.61 Å². The largest absolute Gasteiger partial charge is 0.463 e. The maximum Gasteiger partial charge on any atom is 0.352 e. The van der Waals surface area contributed by atoms with Gasteiger partial charge in [0.25, 0.3) is 6.47 Å². The third-order valence-corrected chi connectivity index (χ3v) is 3.62. The van der Waals surface area contributed by atoms with Crippen LogP contribution in [0.25, 0.3) is 0 Å². The second kappa shape index (κ2) is 13.6. The molecule has 26 heavy (non-hydrogen) atoms. The summed E-state index contributed by atoms with van der Waals surface area (Å²) < 4.78 is 9.67. The molecule has 0 aliphatic heterocycles. The summed E-state index contributed by atoms with van der Waals surface area (Å²) in [5.74, 6) is -0.542. The summed E-state index contributed by atoms with van der Waals surface area (Å²) in [7, 11) is 0. The maximum absolute atomic E-state index is 11.6. The Morgan fingerprint density at radius 2 is 1.58 bits per heavy atom. The zero-order valence-corrected chi connectivity index (χ0v) is 15.6. The molecule has 0 spiro atoms. The first-order valence-corrected chi connectivity index (χ1v) is 9.07. The molecule has 1 unspecified atom stereocenters. The fraction of sp³-hybridized carbons (Fsp3) is 0.364. The van der Waals surface area contributed by atoms with Crippen LogP contribution in [0.4, 0.5) is 0 Å². The summed E-state index contributed by atoms with van der Waals surface area (Å²) in [5, 5.41) is 0. The fourth-order valence-electron chi connectivity index (χ4n) is 2.26. The van der Waals surface area contributed by atoms with E-state index in [-0.39, 0.29) is 6.47 Å². The van der Waals surface area contributed by atoms with Gasteiger partial charge in [-0.2, -0.15) is 0 Å². The van der Waals surface area contributed by atoms with Crippen molar-refractivity contribution < 1.29 is 19.1 Å². The van der Waals surface area contributed by atoms with Crippen LogP contribution in [-0.4, -0.2) is 19.0 Å². The molecule has 0 radical (unpaired) electrons. The zero-order chi connectivity index (χ0) is 19.0. The molecule has 0 aliphatic rings. The minimum atomic E-state index is -0.967. The van der Waals surface area contributed by atoms with Crippen molar-refractivity contribution in [1.29, 1.82) is 0 Å². The Morgan fingerprint density at radius 1 is 0.962 bits per heavy atom. The molecule has 1 atom stereocenters. The molecule has 0 saturated carbocycles. The Labute approximate surface area is 156 Å². The highest BCUT2D eigenvalue weighted by Gasteiger charge is 2.23. The van der Waals surface area contributed by atoms with E-state index in [1.807, 2.05) is 13.0 Å². The monoisotopic (exact) mass is 356 g/mol. The van der Waals surface area contributed by atoms with Crippen LogP contribution in [0, 0.1) is 0 Å². The normalized spacial score (nSPS) is 10.8. The molecule has 0 bridgehead atoms. The van der Waals surface area contributed by atoms with Crippen molar-refractivity contribution in [1.82, 2.24) is 0 Å². The Hall–Kier alpha value is -2.62. The number of rotatable bonds is 9. The van der Waals surface area contributed by atoms with Crippen LogP contribution < -0.4 is 0 Å². The molecular formula is C22H28O4. The second-order valence-electron chi connectivity index (χ2n) is 5.78. The van der Waals surface area contributed by atoms with Gasteiger partial charge in [0.2, 0.25) is 6.10 Å². The molecular weight excluding hydrogens is 328 g/mol. The summed E-state index contributed by atoms with van der Waals surface area (Å²) in [6.07, 6.45) is 3.59. The summed E-state index contributed by atoms with van der Waals surface area (Å²) in [4.78, 5) is 21.9. The zero-order valence-electron chi connectivity index (χ0n) is 15.6. The van der Waals surface area contributed by atoms with E-state index in [1.54, 1.807) is 24.3 Å². The molecule has 2 aromatic carbocycles. The highest BCUT2D eigenvalue weighted by Crippen LogP contribution is 2.17. The van der Waals surface area contributed by atoms with Crippen molar-refractivity contribution in [2.75, 3.05) is 6.61 Å². The van der Waals surface area contributed by atoms with Crippen LogP contribution >= 0.6 is 0 Å². The van der Waals surface area contributed by atoms with E-state index in [2.05, 4.69) is 37.3 Å². The van der Waals surface area contributed by atoms with Crippen LogP contribution in [0.1, 0.15) is 50.3 Å². The molecule has 2 aromatic rings. The number of carbonyl (C=O) groups excluding carboxylic acids is 2. The lowest BCUT2D eigenvalue weighted by Crippen LogP contribution is -2.18. The third kappa shape index (κ3) is 8.47. The molecule has 0 aliphatic carbocycles. The minimum absolute atomic E-state index is 0.255. The van der Waals surface area contributed by atoms with E-state index in [4.69, 9.17) is 9.47 Å². The van der Waals surface area contributed by atoms with E-state index < -0.39 is 12.1 Å². The number of aryl methyl sites for hydroxylation is 1. The lowest BCUT2D eigenvalue weighted by atomic mass is 10.1. The first kappa shape index (κ1) is 21.4. The number of carbonyl (C=O) groups is 2. The van der Waals surface area contributed by atoms with Gasteiger partial charge in [-0.3, -0.25) is 4.79 Å². The van der Waals surface area contributed by atoms with E-state index >= 15 is 0 Å². The predicted octanol–water partition coefficient (Wildman–Crippen LogP) is 4.88. The van der Waals surface area contributed by atoms with Crippen molar-refractivity contribution in [3.05, 3.63) is 71.8 Å². The molecule has 0 heterocycles. The highest BCUT2D eigenvalue weighted by atomic mass is 16.6. The van der Waals surface area contributed by atoms with Gasteiger partial charge in [0.1, 0.15) is 0 Å². The van der Waals surface area contributed by atoms with Crippen LogP contribution in [-0.2, 0) is 25.5 Å². The van der Waals surface area contributed by atoms with Crippen molar-refractivity contribution in [3.8, 4) is 0 Å². The summed E-state index contributed by atoms with van der Waals surface area (Å²) in [6.45, 7) is 4.70. The number of hydrogen-bond donors (Lipinski definition) is 0. The van der Waals surface area contributed by atoms with Gasteiger partial charge in [-0.15, -0.1) is 0 Å². The topological polar surface area (TPSA) is 52.6 Å². The van der Waals surface area contributed by atoms with Crippen molar-refractivity contribution in [3.63, 3.8) is 0 Å². The van der Waals surface area contributed by atoms with Gasteiger partial charge in [0.15, 0.2) is 0 Å². The standard InChI is InChI=1S/C12H14O4.C10H14/c1-2-8-15-12(14)11(16-9-13)10-6-4-3-5-7-10;1-2-3-7-10-8-5-4-6-9-10/h3-7,9,11H,2,8H2,1H3;4-6,8-9H,2-3,7H2,1H3. The van der Waals surface area contributed by atoms with E-state index in [1.165, 1.54) is 24.8 Å². The first-order valence-electron chi connectivity index (χ1n) is 9.07. The van der Waals surface area contributed by atoms with Crippen LogP contribution in [0.15, 0.2) is 60.7 Å². The van der Waals surface area contributed by atoms with E-state index in [9.17, 15) is 9.59 Å². The lowest BCUT2D eigenvalue weighted by Gasteiger charge is -2.14. The van der Waals surface area contributed by atoms with Crippen LogP contribution in [0.5, 0.6) is 0 Å². The van der Waals surface area contributed by atoms with Crippen LogP contribution in [0.3, 0.4) is 0 Å². The van der Waals surface area contributed by atoms with E-state index in [0.29, 0.717) is 12.2 Å². The molecule has 0 saturated heterocycles. The average molecular weight is 356 g/mol. The number of esters is 1. The maximum atomic E-state index is 11.6. The number of hydrogen-bond acceptors (Lipinski definition) is 4. The first-order chi connectivity index (χ1) is 12.7. The number of benzene rings is 2. The quantitative estimate of drug-likeness (QED) is 0.474. The molecule has 140 valence electrons. The summed E-state index contributed by atoms with van der Waals surface area (Å²) in [6, 6.07) is 19.4. The van der Waals surface area contributed by atoms with E-state index in [0.717, 1.165) is 6.42 Å². The molecule has 2 rings (SSSR count).